The number of hydrogen-bond donors (Lipinski definition) is 1. The van der Waals surface area contributed by atoms with Crippen molar-refractivity contribution in [3.63, 3.8) is 0 Å². The van der Waals surface area contributed by atoms with Crippen LogP contribution in [0, 0.1) is 0 Å². The molecule has 0 saturated heterocycles. The van der Waals surface area contributed by atoms with Crippen LogP contribution in [0.5, 0.6) is 5.75 Å². The molecule has 3 nitrogen and oxygen atoms in total. The van der Waals surface area contributed by atoms with Crippen LogP contribution in [0.4, 0.5) is 0 Å². The van der Waals surface area contributed by atoms with Gasteiger partial charge in [0.2, 0.25) is 0 Å². The molecule has 0 aliphatic heterocycles. The van der Waals surface area contributed by atoms with Gasteiger partial charge in [-0.05, 0) is 43.0 Å². The van der Waals surface area contributed by atoms with Gasteiger partial charge in [-0.3, -0.25) is 0 Å². The third kappa shape index (κ3) is 2.79. The van der Waals surface area contributed by atoms with Crippen molar-refractivity contribution in [2.75, 3.05) is 20.4 Å². The first-order chi connectivity index (χ1) is 8.36. The molecule has 1 unspecified atom stereocenters. The van der Waals surface area contributed by atoms with Gasteiger partial charge >= 0.3 is 0 Å². The van der Waals surface area contributed by atoms with Gasteiger partial charge in [-0.1, -0.05) is 19.1 Å². The first kappa shape index (κ1) is 12.4. The van der Waals surface area contributed by atoms with Crippen molar-refractivity contribution >= 4 is 0 Å². The SMILES string of the molecule is CCCNC1CCc2c(OCOC)cccc21. The van der Waals surface area contributed by atoms with E-state index in [-0.39, 0.29) is 0 Å². The Bertz CT molecular complexity index is 365. The number of rotatable bonds is 6. The van der Waals surface area contributed by atoms with Crippen molar-refractivity contribution in [1.82, 2.24) is 5.32 Å². The van der Waals surface area contributed by atoms with Crippen LogP contribution >= 0.6 is 0 Å². The summed E-state index contributed by atoms with van der Waals surface area (Å²) in [5.41, 5.74) is 2.74. The molecule has 1 aliphatic rings. The summed E-state index contributed by atoms with van der Waals surface area (Å²) < 4.78 is 10.6. The molecule has 2 rings (SSSR count). The Hall–Kier alpha value is -1.06. The molecule has 3 heteroatoms. The van der Waals surface area contributed by atoms with E-state index in [2.05, 4.69) is 24.4 Å². The lowest BCUT2D eigenvalue weighted by Crippen LogP contribution is -2.19. The summed E-state index contributed by atoms with van der Waals surface area (Å²) in [5, 5.41) is 3.58. The van der Waals surface area contributed by atoms with Gasteiger partial charge in [0, 0.05) is 13.2 Å². The van der Waals surface area contributed by atoms with E-state index in [1.54, 1.807) is 7.11 Å². The Morgan fingerprint density at radius 2 is 2.29 bits per heavy atom. The standard InChI is InChI=1S/C14H21NO2/c1-3-9-15-13-8-7-12-11(13)5-4-6-14(12)17-10-16-2/h4-6,13,15H,3,7-10H2,1-2H3. The minimum absolute atomic E-state index is 0.323. The van der Waals surface area contributed by atoms with Crippen LogP contribution in [0.2, 0.25) is 0 Å². The number of fused-ring (bicyclic) bond motifs is 1. The lowest BCUT2D eigenvalue weighted by molar-refractivity contribution is 0.0505. The maximum Gasteiger partial charge on any atom is 0.188 e. The van der Waals surface area contributed by atoms with Crippen molar-refractivity contribution in [3.8, 4) is 5.75 Å². The average molecular weight is 235 g/mol. The molecule has 1 atom stereocenters. The quantitative estimate of drug-likeness (QED) is 0.769. The molecule has 0 saturated carbocycles. The fraction of sp³-hybridized carbons (Fsp3) is 0.571. The molecule has 1 aliphatic carbocycles. The first-order valence-corrected chi connectivity index (χ1v) is 6.33. The molecular formula is C14H21NO2. The van der Waals surface area contributed by atoms with E-state index in [1.165, 1.54) is 24.0 Å². The van der Waals surface area contributed by atoms with Crippen molar-refractivity contribution in [2.45, 2.75) is 32.2 Å². The number of benzene rings is 1. The highest BCUT2D eigenvalue weighted by Crippen LogP contribution is 2.36. The van der Waals surface area contributed by atoms with Gasteiger partial charge in [0.15, 0.2) is 6.79 Å². The second-order valence-corrected chi connectivity index (χ2v) is 4.42. The smallest absolute Gasteiger partial charge is 0.188 e. The van der Waals surface area contributed by atoms with Gasteiger partial charge in [0.1, 0.15) is 5.75 Å². The number of hydrogen-bond acceptors (Lipinski definition) is 3. The van der Waals surface area contributed by atoms with Crippen LogP contribution in [0.15, 0.2) is 18.2 Å². The average Bonchev–Trinajstić information content (AvgIpc) is 2.77. The zero-order valence-corrected chi connectivity index (χ0v) is 10.7. The molecule has 1 aromatic rings. The molecule has 94 valence electrons. The number of ether oxygens (including phenoxy) is 2. The minimum atomic E-state index is 0.323. The van der Waals surface area contributed by atoms with Crippen LogP contribution in [-0.2, 0) is 11.2 Å². The van der Waals surface area contributed by atoms with Crippen molar-refractivity contribution < 1.29 is 9.47 Å². The molecule has 0 spiro atoms. The zero-order valence-electron chi connectivity index (χ0n) is 10.7. The highest BCUT2D eigenvalue weighted by molar-refractivity contribution is 5.45. The summed E-state index contributed by atoms with van der Waals surface area (Å²) in [5.74, 6) is 0.977. The Morgan fingerprint density at radius 1 is 1.41 bits per heavy atom. The monoisotopic (exact) mass is 235 g/mol. The van der Waals surface area contributed by atoms with E-state index in [0.717, 1.165) is 18.7 Å². The van der Waals surface area contributed by atoms with Crippen LogP contribution in [0.1, 0.15) is 36.9 Å². The molecule has 0 radical (unpaired) electrons. The van der Waals surface area contributed by atoms with Gasteiger partial charge in [-0.2, -0.15) is 0 Å². The molecule has 1 aromatic carbocycles. The van der Waals surface area contributed by atoms with Gasteiger partial charge < -0.3 is 14.8 Å². The maximum absolute atomic E-state index is 5.60. The second-order valence-electron chi connectivity index (χ2n) is 4.42. The number of nitrogens with one attached hydrogen (secondary N) is 1. The Morgan fingerprint density at radius 3 is 3.06 bits per heavy atom. The Balaban J connectivity index is 2.11. The van der Waals surface area contributed by atoms with Gasteiger partial charge in [-0.15, -0.1) is 0 Å². The van der Waals surface area contributed by atoms with E-state index >= 15 is 0 Å². The van der Waals surface area contributed by atoms with E-state index in [4.69, 9.17) is 9.47 Å². The highest BCUT2D eigenvalue weighted by Gasteiger charge is 2.24. The Kier molecular flexibility index (Phi) is 4.40. The predicted molar refractivity (Wildman–Crippen MR) is 68.3 cm³/mol. The largest absolute Gasteiger partial charge is 0.467 e. The van der Waals surface area contributed by atoms with E-state index in [9.17, 15) is 0 Å². The second kappa shape index (κ2) is 6.03. The van der Waals surface area contributed by atoms with E-state index < -0.39 is 0 Å². The third-order valence-corrected chi connectivity index (χ3v) is 3.20. The molecule has 1 N–H and O–H groups in total. The lowest BCUT2D eigenvalue weighted by atomic mass is 10.1. The van der Waals surface area contributed by atoms with Gasteiger partial charge in [0.05, 0.1) is 0 Å². The third-order valence-electron chi connectivity index (χ3n) is 3.20. The summed E-state index contributed by atoms with van der Waals surface area (Å²) in [6, 6.07) is 6.79. The van der Waals surface area contributed by atoms with E-state index in [1.807, 2.05) is 6.07 Å². The number of methoxy groups -OCH3 is 1. The zero-order chi connectivity index (χ0) is 12.1. The molecule has 0 amide bonds. The van der Waals surface area contributed by atoms with Gasteiger partial charge in [0.25, 0.3) is 0 Å². The Labute approximate surface area is 103 Å². The van der Waals surface area contributed by atoms with Crippen molar-refractivity contribution in [3.05, 3.63) is 29.3 Å². The fourth-order valence-electron chi connectivity index (χ4n) is 2.41. The topological polar surface area (TPSA) is 30.5 Å². The maximum atomic E-state index is 5.60. The van der Waals surface area contributed by atoms with E-state index in [0.29, 0.717) is 12.8 Å². The van der Waals surface area contributed by atoms with Crippen LogP contribution in [0.25, 0.3) is 0 Å². The van der Waals surface area contributed by atoms with Crippen LogP contribution < -0.4 is 10.1 Å². The summed E-state index contributed by atoms with van der Waals surface area (Å²) in [6.07, 6.45) is 3.44. The summed E-state index contributed by atoms with van der Waals surface area (Å²) in [4.78, 5) is 0. The van der Waals surface area contributed by atoms with Crippen LogP contribution in [0.3, 0.4) is 0 Å². The van der Waals surface area contributed by atoms with Gasteiger partial charge in [-0.25, -0.2) is 0 Å². The van der Waals surface area contributed by atoms with Crippen molar-refractivity contribution in [1.29, 1.82) is 0 Å². The first-order valence-electron chi connectivity index (χ1n) is 6.33. The molecular weight excluding hydrogens is 214 g/mol. The molecule has 0 aromatic heterocycles. The molecule has 0 heterocycles. The highest BCUT2D eigenvalue weighted by atomic mass is 16.7. The molecule has 0 bridgehead atoms. The summed E-state index contributed by atoms with van der Waals surface area (Å²) in [6.45, 7) is 3.59. The molecule has 0 fully saturated rings. The summed E-state index contributed by atoms with van der Waals surface area (Å²) >= 11 is 0. The molecule has 17 heavy (non-hydrogen) atoms. The predicted octanol–water partition coefficient (Wildman–Crippen LogP) is 2.66. The summed E-state index contributed by atoms with van der Waals surface area (Å²) in [7, 11) is 1.65. The normalized spacial score (nSPS) is 18.1. The lowest BCUT2D eigenvalue weighted by Gasteiger charge is -2.14. The van der Waals surface area contributed by atoms with Crippen LogP contribution in [-0.4, -0.2) is 20.4 Å². The van der Waals surface area contributed by atoms with Crippen molar-refractivity contribution in [2.24, 2.45) is 0 Å². The minimum Gasteiger partial charge on any atom is -0.467 e. The fourth-order valence-corrected chi connectivity index (χ4v) is 2.41.